The third-order valence-electron chi connectivity index (χ3n) is 4.04. The minimum absolute atomic E-state index is 0.183. The van der Waals surface area contributed by atoms with Crippen LogP contribution in [0.3, 0.4) is 0 Å². The van der Waals surface area contributed by atoms with Gasteiger partial charge in [0.25, 0.3) is 11.8 Å². The standard InChI is InChI=1S/C21H21NO3S/c1-14(2)26-19-18(16-11-7-8-12-17(16)25-3)20(23)22(21(19)24)13-15-9-5-4-6-10-15/h4-12,14H,13H2,1-3H3. The molecule has 2 amide bonds. The van der Waals surface area contributed by atoms with Gasteiger partial charge in [0.05, 0.1) is 24.1 Å². The summed E-state index contributed by atoms with van der Waals surface area (Å²) in [5, 5.41) is 0.183. The van der Waals surface area contributed by atoms with Crippen molar-refractivity contribution in [1.82, 2.24) is 4.90 Å². The van der Waals surface area contributed by atoms with Gasteiger partial charge in [-0.15, -0.1) is 11.8 Å². The molecule has 0 unspecified atom stereocenters. The van der Waals surface area contributed by atoms with Crippen LogP contribution in [0.4, 0.5) is 0 Å². The summed E-state index contributed by atoms with van der Waals surface area (Å²) in [6.07, 6.45) is 0. The van der Waals surface area contributed by atoms with Crippen molar-refractivity contribution < 1.29 is 14.3 Å². The van der Waals surface area contributed by atoms with Crippen molar-refractivity contribution in [3.05, 3.63) is 70.6 Å². The van der Waals surface area contributed by atoms with Crippen LogP contribution >= 0.6 is 11.8 Å². The second kappa shape index (κ2) is 7.79. The number of benzene rings is 2. The first-order valence-corrected chi connectivity index (χ1v) is 9.35. The van der Waals surface area contributed by atoms with Crippen molar-refractivity contribution in [2.75, 3.05) is 7.11 Å². The maximum Gasteiger partial charge on any atom is 0.268 e. The minimum atomic E-state index is -0.272. The summed E-state index contributed by atoms with van der Waals surface area (Å²) in [5.41, 5.74) is 2.01. The Bertz CT molecular complexity index is 859. The molecule has 0 radical (unpaired) electrons. The summed E-state index contributed by atoms with van der Waals surface area (Å²) < 4.78 is 5.42. The lowest BCUT2D eigenvalue weighted by Gasteiger charge is -2.15. The fourth-order valence-corrected chi connectivity index (χ4v) is 3.89. The molecular weight excluding hydrogens is 346 g/mol. The Labute approximate surface area is 157 Å². The summed E-state index contributed by atoms with van der Waals surface area (Å²) in [6.45, 7) is 4.28. The normalized spacial score (nSPS) is 14.5. The van der Waals surface area contributed by atoms with Gasteiger partial charge in [0.2, 0.25) is 0 Å². The number of imide groups is 1. The van der Waals surface area contributed by atoms with Crippen molar-refractivity contribution in [3.63, 3.8) is 0 Å². The number of hydrogen-bond donors (Lipinski definition) is 0. The first-order chi connectivity index (χ1) is 12.5. The van der Waals surface area contributed by atoms with E-state index in [4.69, 9.17) is 4.74 Å². The average molecular weight is 367 g/mol. The largest absolute Gasteiger partial charge is 0.496 e. The fourth-order valence-electron chi connectivity index (χ4n) is 2.90. The molecule has 2 aromatic carbocycles. The van der Waals surface area contributed by atoms with Gasteiger partial charge in [-0.2, -0.15) is 0 Å². The molecule has 2 aromatic rings. The third kappa shape index (κ3) is 3.53. The number of ether oxygens (including phenoxy) is 1. The van der Waals surface area contributed by atoms with Gasteiger partial charge >= 0.3 is 0 Å². The first kappa shape index (κ1) is 18.3. The van der Waals surface area contributed by atoms with Crippen LogP contribution in [0.25, 0.3) is 5.57 Å². The maximum absolute atomic E-state index is 13.2. The Balaban J connectivity index is 2.04. The number of carbonyl (C=O) groups is 2. The van der Waals surface area contributed by atoms with Crippen LogP contribution in [0.1, 0.15) is 25.0 Å². The van der Waals surface area contributed by atoms with Gasteiger partial charge in [-0.25, -0.2) is 0 Å². The number of carbonyl (C=O) groups excluding carboxylic acids is 2. The number of hydrogen-bond acceptors (Lipinski definition) is 4. The zero-order chi connectivity index (χ0) is 18.7. The Hall–Kier alpha value is -2.53. The zero-order valence-corrected chi connectivity index (χ0v) is 15.9. The van der Waals surface area contributed by atoms with E-state index in [1.54, 1.807) is 13.2 Å². The molecule has 0 atom stereocenters. The van der Waals surface area contributed by atoms with Crippen LogP contribution in [0, 0.1) is 0 Å². The molecule has 0 N–H and O–H groups in total. The summed E-state index contributed by atoms with van der Waals surface area (Å²) >= 11 is 1.42. The zero-order valence-electron chi connectivity index (χ0n) is 15.1. The Morgan fingerprint density at radius 1 is 0.962 bits per heavy atom. The molecule has 1 aliphatic heterocycles. The maximum atomic E-state index is 13.2. The van der Waals surface area contributed by atoms with Crippen LogP contribution in [-0.2, 0) is 16.1 Å². The summed E-state index contributed by atoms with van der Waals surface area (Å²) in [5.74, 6) is 0.0806. The molecule has 0 spiro atoms. The number of thioether (sulfide) groups is 1. The number of nitrogens with zero attached hydrogens (tertiary/aromatic N) is 1. The summed E-state index contributed by atoms with van der Waals surface area (Å²) in [7, 11) is 1.57. The third-order valence-corrected chi connectivity index (χ3v) is 5.12. The summed E-state index contributed by atoms with van der Waals surface area (Å²) in [4.78, 5) is 28.0. The van der Waals surface area contributed by atoms with Gasteiger partial charge in [0.1, 0.15) is 5.75 Å². The van der Waals surface area contributed by atoms with E-state index < -0.39 is 0 Å². The number of rotatable bonds is 6. The molecule has 0 fully saturated rings. The van der Waals surface area contributed by atoms with Crippen LogP contribution in [-0.4, -0.2) is 29.1 Å². The molecule has 134 valence electrons. The molecule has 0 aliphatic carbocycles. The highest BCUT2D eigenvalue weighted by Crippen LogP contribution is 2.41. The molecule has 4 nitrogen and oxygen atoms in total. The van der Waals surface area contributed by atoms with Gasteiger partial charge in [-0.05, 0) is 11.6 Å². The van der Waals surface area contributed by atoms with Crippen molar-refractivity contribution in [2.24, 2.45) is 0 Å². The predicted molar refractivity (Wildman–Crippen MR) is 105 cm³/mol. The average Bonchev–Trinajstić information content (AvgIpc) is 2.86. The quantitative estimate of drug-likeness (QED) is 0.721. The number of para-hydroxylation sites is 1. The van der Waals surface area contributed by atoms with Crippen molar-refractivity contribution >= 4 is 29.1 Å². The lowest BCUT2D eigenvalue weighted by atomic mass is 10.0. The number of methoxy groups -OCH3 is 1. The van der Waals surface area contributed by atoms with Gasteiger partial charge in [-0.1, -0.05) is 62.4 Å². The minimum Gasteiger partial charge on any atom is -0.496 e. The van der Waals surface area contributed by atoms with E-state index in [1.165, 1.54) is 16.7 Å². The second-order valence-electron chi connectivity index (χ2n) is 6.25. The molecule has 0 bridgehead atoms. The smallest absolute Gasteiger partial charge is 0.268 e. The highest BCUT2D eigenvalue weighted by molar-refractivity contribution is 8.04. The molecule has 0 aromatic heterocycles. The molecule has 0 saturated carbocycles. The van der Waals surface area contributed by atoms with Gasteiger partial charge in [-0.3, -0.25) is 14.5 Å². The topological polar surface area (TPSA) is 46.6 Å². The van der Waals surface area contributed by atoms with E-state index in [0.29, 0.717) is 21.8 Å². The van der Waals surface area contributed by atoms with E-state index >= 15 is 0 Å². The molecule has 1 heterocycles. The van der Waals surface area contributed by atoms with E-state index in [9.17, 15) is 9.59 Å². The monoisotopic (exact) mass is 367 g/mol. The van der Waals surface area contributed by atoms with Gasteiger partial charge < -0.3 is 4.74 Å². The van der Waals surface area contributed by atoms with Crippen LogP contribution in [0.15, 0.2) is 59.5 Å². The van der Waals surface area contributed by atoms with Gasteiger partial charge in [0, 0.05) is 10.8 Å². The number of amides is 2. The molecule has 0 saturated heterocycles. The lowest BCUT2D eigenvalue weighted by Crippen LogP contribution is -2.31. The lowest BCUT2D eigenvalue weighted by molar-refractivity contribution is -0.137. The summed E-state index contributed by atoms with van der Waals surface area (Å²) in [6, 6.07) is 16.9. The molecular formula is C21H21NO3S. The highest BCUT2D eigenvalue weighted by Gasteiger charge is 2.40. The van der Waals surface area contributed by atoms with Crippen molar-refractivity contribution in [2.45, 2.75) is 25.6 Å². The first-order valence-electron chi connectivity index (χ1n) is 8.47. The van der Waals surface area contributed by atoms with E-state index in [-0.39, 0.29) is 23.6 Å². The SMILES string of the molecule is COc1ccccc1C1=C(SC(C)C)C(=O)N(Cc2ccccc2)C1=O. The molecule has 3 rings (SSSR count). The van der Waals surface area contributed by atoms with Crippen molar-refractivity contribution in [3.8, 4) is 5.75 Å². The van der Waals surface area contributed by atoms with Gasteiger partial charge in [0.15, 0.2) is 0 Å². The predicted octanol–water partition coefficient (Wildman–Crippen LogP) is 4.12. The van der Waals surface area contributed by atoms with Crippen LogP contribution in [0.5, 0.6) is 5.75 Å². The molecule has 26 heavy (non-hydrogen) atoms. The second-order valence-corrected chi connectivity index (χ2v) is 7.84. The van der Waals surface area contributed by atoms with E-state index in [2.05, 4.69) is 0 Å². The Morgan fingerprint density at radius 2 is 1.62 bits per heavy atom. The van der Waals surface area contributed by atoms with E-state index in [1.807, 2.05) is 62.4 Å². The highest BCUT2D eigenvalue weighted by atomic mass is 32.2. The molecule has 1 aliphatic rings. The van der Waals surface area contributed by atoms with Crippen molar-refractivity contribution in [1.29, 1.82) is 0 Å². The van der Waals surface area contributed by atoms with Crippen LogP contribution in [0.2, 0.25) is 0 Å². The van der Waals surface area contributed by atoms with Crippen LogP contribution < -0.4 is 4.74 Å². The van der Waals surface area contributed by atoms with E-state index in [0.717, 1.165) is 5.56 Å². The Kier molecular flexibility index (Phi) is 5.47. The molecule has 5 heteroatoms. The fraction of sp³-hybridized carbons (Fsp3) is 0.238. The Morgan fingerprint density at radius 3 is 2.27 bits per heavy atom.